The molecule has 0 unspecified atom stereocenters. The highest BCUT2D eigenvalue weighted by atomic mass is 28.3. The van der Waals surface area contributed by atoms with Gasteiger partial charge < -0.3 is 4.74 Å². The van der Waals surface area contributed by atoms with Crippen molar-refractivity contribution in [3.8, 4) is 28.6 Å². The molecule has 8 aromatic rings. The summed E-state index contributed by atoms with van der Waals surface area (Å²) in [6, 6.07) is 47.4. The predicted octanol–water partition coefficient (Wildman–Crippen LogP) is 9.87. The van der Waals surface area contributed by atoms with E-state index in [1.54, 1.807) is 0 Å². The molecule has 55 heavy (non-hydrogen) atoms. The topological polar surface area (TPSA) is 44.3 Å². The molecule has 1 aliphatic rings. The summed E-state index contributed by atoms with van der Waals surface area (Å²) in [7, 11) is -2.77. The number of rotatable bonds is 5. The Morgan fingerprint density at radius 3 is 1.96 bits per heavy atom. The fraction of sp³-hybridized carbons (Fsp3) is 0.163. The summed E-state index contributed by atoms with van der Waals surface area (Å²) in [6.45, 7) is 21.3. The molecule has 0 atom stereocenters. The largest absolute Gasteiger partial charge is 0.457 e. The van der Waals surface area contributed by atoms with E-state index < -0.39 is 8.07 Å². The van der Waals surface area contributed by atoms with E-state index in [2.05, 4.69) is 160 Å². The SMILES string of the molecule is [C-]#[N+]c1ccc2c(c1)c1ccc(Oc3ccc4c(c3)-c3nccc(C(C)(C)C)c3[Si]4(c3ccccc3)c3ccccc3)cc1n2-c1cc(C(C)(C)C)ccn1. The summed E-state index contributed by atoms with van der Waals surface area (Å²) in [5.41, 5.74) is 7.14. The van der Waals surface area contributed by atoms with Crippen LogP contribution in [0.1, 0.15) is 52.7 Å². The number of ether oxygens (including phenoxy) is 1. The molecule has 5 aromatic carbocycles. The number of aromatic nitrogens is 3. The maximum absolute atomic E-state index is 7.70. The molecule has 0 aliphatic carbocycles. The lowest BCUT2D eigenvalue weighted by Crippen LogP contribution is -2.73. The van der Waals surface area contributed by atoms with Gasteiger partial charge in [0.15, 0.2) is 13.8 Å². The van der Waals surface area contributed by atoms with Gasteiger partial charge in [-0.3, -0.25) is 9.55 Å². The van der Waals surface area contributed by atoms with Crippen molar-refractivity contribution < 1.29 is 4.74 Å². The molecule has 1 aliphatic heterocycles. The second-order valence-corrected chi connectivity index (χ2v) is 20.3. The summed E-state index contributed by atoms with van der Waals surface area (Å²) in [6.07, 6.45) is 3.86. The lowest BCUT2D eigenvalue weighted by atomic mass is 9.87. The van der Waals surface area contributed by atoms with E-state index in [0.29, 0.717) is 5.69 Å². The fourth-order valence-corrected chi connectivity index (χ4v) is 14.1. The van der Waals surface area contributed by atoms with Crippen LogP contribution in [-0.4, -0.2) is 22.6 Å². The van der Waals surface area contributed by atoms with Crippen LogP contribution in [0.3, 0.4) is 0 Å². The standard InChI is InChI=1S/C49H42N4OSi/c1-48(2,3)32-24-26-51-45(28-32)53-42-22-18-33(50-7)29-39(42)38-21-19-35(31-43(38)53)54-34-20-23-44-40(30-34)46-47(41(25-27-52-46)49(4,5)6)55(44,36-14-10-8-11-15-36)37-16-12-9-13-17-37/h8-31H,1-6H3. The quantitative estimate of drug-likeness (QED) is 0.131. The van der Waals surface area contributed by atoms with Gasteiger partial charge in [-0.15, -0.1) is 0 Å². The molecule has 0 bridgehead atoms. The predicted molar refractivity (Wildman–Crippen MR) is 229 cm³/mol. The Morgan fingerprint density at radius 2 is 1.29 bits per heavy atom. The Bertz CT molecular complexity index is 2780. The zero-order valence-corrected chi connectivity index (χ0v) is 33.1. The molecule has 0 radical (unpaired) electrons. The first kappa shape index (κ1) is 34.5. The number of hydrogen-bond donors (Lipinski definition) is 0. The molecule has 3 aromatic heterocycles. The Morgan fingerprint density at radius 1 is 0.618 bits per heavy atom. The average molecular weight is 731 g/mol. The van der Waals surface area contributed by atoms with Crippen LogP contribution in [0.4, 0.5) is 5.69 Å². The zero-order valence-electron chi connectivity index (χ0n) is 32.1. The molecule has 9 rings (SSSR count). The summed E-state index contributed by atoms with van der Waals surface area (Å²) in [5, 5.41) is 7.43. The fourth-order valence-electron chi connectivity index (χ4n) is 8.57. The van der Waals surface area contributed by atoms with Crippen LogP contribution >= 0.6 is 0 Å². The first-order valence-electron chi connectivity index (χ1n) is 18.8. The van der Waals surface area contributed by atoms with Crippen LogP contribution in [0, 0.1) is 6.57 Å². The second kappa shape index (κ2) is 12.6. The molecular weight excluding hydrogens is 689 g/mol. The molecule has 0 saturated heterocycles. The Balaban J connectivity index is 1.23. The third-order valence-electron chi connectivity index (χ3n) is 11.1. The van der Waals surface area contributed by atoms with Crippen molar-refractivity contribution in [2.24, 2.45) is 0 Å². The minimum atomic E-state index is -2.77. The second-order valence-electron chi connectivity index (χ2n) is 16.6. The van der Waals surface area contributed by atoms with Crippen molar-refractivity contribution in [1.29, 1.82) is 0 Å². The van der Waals surface area contributed by atoms with Crippen molar-refractivity contribution >= 4 is 56.3 Å². The van der Waals surface area contributed by atoms with Crippen LogP contribution in [-0.2, 0) is 10.8 Å². The van der Waals surface area contributed by atoms with E-state index in [-0.39, 0.29) is 10.8 Å². The molecule has 0 saturated carbocycles. The van der Waals surface area contributed by atoms with Gasteiger partial charge in [0.25, 0.3) is 0 Å². The molecule has 5 nitrogen and oxygen atoms in total. The molecule has 4 heterocycles. The van der Waals surface area contributed by atoms with Gasteiger partial charge in [0.1, 0.15) is 17.3 Å². The monoisotopic (exact) mass is 730 g/mol. The van der Waals surface area contributed by atoms with E-state index in [1.165, 1.54) is 31.9 Å². The van der Waals surface area contributed by atoms with Gasteiger partial charge in [0.2, 0.25) is 0 Å². The van der Waals surface area contributed by atoms with Crippen molar-refractivity contribution in [2.45, 2.75) is 52.4 Å². The highest BCUT2D eigenvalue weighted by Crippen LogP contribution is 2.39. The minimum absolute atomic E-state index is 0.0435. The van der Waals surface area contributed by atoms with Crippen molar-refractivity contribution in [3.05, 3.63) is 168 Å². The van der Waals surface area contributed by atoms with E-state index in [1.807, 2.05) is 36.7 Å². The number of fused-ring (bicyclic) bond motifs is 6. The molecule has 0 spiro atoms. The molecular formula is C49H42N4OSi. The minimum Gasteiger partial charge on any atom is -0.457 e. The molecule has 6 heteroatoms. The molecule has 0 fully saturated rings. The highest BCUT2D eigenvalue weighted by molar-refractivity contribution is 7.22. The van der Waals surface area contributed by atoms with Crippen LogP contribution < -0.4 is 25.5 Å². The molecule has 0 N–H and O–H groups in total. The number of hydrogen-bond acceptors (Lipinski definition) is 3. The molecule has 268 valence electrons. The van der Waals surface area contributed by atoms with Crippen LogP contribution in [0.5, 0.6) is 11.5 Å². The summed E-state index contributed by atoms with van der Waals surface area (Å²) >= 11 is 0. The maximum Gasteiger partial charge on any atom is 0.188 e. The number of benzene rings is 5. The Hall–Kier alpha value is -6.29. The van der Waals surface area contributed by atoms with Gasteiger partial charge in [-0.25, -0.2) is 9.83 Å². The smallest absolute Gasteiger partial charge is 0.188 e. The number of pyridine rings is 2. The first-order valence-corrected chi connectivity index (χ1v) is 20.8. The Labute approximate surface area is 323 Å². The molecule has 0 amide bonds. The zero-order chi connectivity index (χ0) is 38.1. The van der Waals surface area contributed by atoms with Gasteiger partial charge in [-0.1, -0.05) is 114 Å². The third kappa shape index (κ3) is 5.49. The lowest BCUT2D eigenvalue weighted by Gasteiger charge is -2.35. The van der Waals surface area contributed by atoms with Gasteiger partial charge in [-0.05, 0) is 103 Å². The summed E-state index contributed by atoms with van der Waals surface area (Å²) in [4.78, 5) is 13.8. The van der Waals surface area contributed by atoms with Crippen LogP contribution in [0.15, 0.2) is 146 Å². The average Bonchev–Trinajstić information content (AvgIpc) is 3.67. The van der Waals surface area contributed by atoms with Crippen LogP contribution in [0.2, 0.25) is 0 Å². The van der Waals surface area contributed by atoms with E-state index in [9.17, 15) is 0 Å². The maximum atomic E-state index is 7.70. The lowest BCUT2D eigenvalue weighted by molar-refractivity contribution is 0.483. The summed E-state index contributed by atoms with van der Waals surface area (Å²) in [5.74, 6) is 2.31. The van der Waals surface area contributed by atoms with Gasteiger partial charge in [0, 0.05) is 29.4 Å². The normalized spacial score (nSPS) is 13.4. The van der Waals surface area contributed by atoms with E-state index >= 15 is 0 Å². The highest BCUT2D eigenvalue weighted by Gasteiger charge is 2.51. The van der Waals surface area contributed by atoms with Crippen molar-refractivity contribution in [3.63, 3.8) is 0 Å². The number of nitrogens with zero attached hydrogens (tertiary/aromatic N) is 4. The van der Waals surface area contributed by atoms with Gasteiger partial charge in [0.05, 0.1) is 23.3 Å². The van der Waals surface area contributed by atoms with E-state index in [0.717, 1.165) is 50.4 Å². The van der Waals surface area contributed by atoms with Crippen LogP contribution in [0.25, 0.3) is 43.7 Å². The first-order chi connectivity index (χ1) is 26.5. The van der Waals surface area contributed by atoms with Gasteiger partial charge in [-0.2, -0.15) is 0 Å². The van der Waals surface area contributed by atoms with E-state index in [4.69, 9.17) is 21.3 Å². The third-order valence-corrected chi connectivity index (χ3v) is 16.0. The summed E-state index contributed by atoms with van der Waals surface area (Å²) < 4.78 is 9.01. The van der Waals surface area contributed by atoms with Gasteiger partial charge >= 0.3 is 0 Å². The van der Waals surface area contributed by atoms with Crippen molar-refractivity contribution in [1.82, 2.24) is 14.5 Å². The van der Waals surface area contributed by atoms with Crippen molar-refractivity contribution in [2.75, 3.05) is 0 Å². The Kier molecular flexibility index (Phi) is 7.93.